The average molecular weight is 350 g/mol. The maximum atomic E-state index is 12.1. The number of nitrogens with one attached hydrogen (secondary N) is 1. The molecule has 0 aromatic heterocycles. The second kappa shape index (κ2) is 6.49. The SMILES string of the molecule is CCC[C@@H](NS(=O)(=O)c1ccc(Br)c(C)c1)C(=O)O. The molecular formula is C12H16BrNO4S. The van der Waals surface area contributed by atoms with Gasteiger partial charge in [0, 0.05) is 4.47 Å². The number of hydrogen-bond donors (Lipinski definition) is 2. The lowest BCUT2D eigenvalue weighted by molar-refractivity contribution is -0.139. The summed E-state index contributed by atoms with van der Waals surface area (Å²) in [7, 11) is -3.82. The topological polar surface area (TPSA) is 83.5 Å². The third-order valence-electron chi connectivity index (χ3n) is 2.61. The number of carboxylic acid groups (broad SMARTS) is 1. The van der Waals surface area contributed by atoms with Crippen molar-refractivity contribution in [2.24, 2.45) is 0 Å². The van der Waals surface area contributed by atoms with Gasteiger partial charge < -0.3 is 5.11 Å². The van der Waals surface area contributed by atoms with Crippen molar-refractivity contribution in [1.82, 2.24) is 4.72 Å². The van der Waals surface area contributed by atoms with Crippen LogP contribution in [0.15, 0.2) is 27.6 Å². The Labute approximate surface area is 121 Å². The van der Waals surface area contributed by atoms with E-state index in [1.807, 2.05) is 0 Å². The Kier molecular flexibility index (Phi) is 5.51. The van der Waals surface area contributed by atoms with E-state index in [2.05, 4.69) is 20.7 Å². The van der Waals surface area contributed by atoms with Crippen LogP contribution in [0.5, 0.6) is 0 Å². The van der Waals surface area contributed by atoms with Gasteiger partial charge in [0.2, 0.25) is 10.0 Å². The largest absolute Gasteiger partial charge is 0.480 e. The molecule has 0 fully saturated rings. The van der Waals surface area contributed by atoms with E-state index in [0.717, 1.165) is 10.0 Å². The Morgan fingerprint density at radius 1 is 1.47 bits per heavy atom. The molecule has 7 heteroatoms. The molecule has 2 N–H and O–H groups in total. The van der Waals surface area contributed by atoms with Crippen LogP contribution < -0.4 is 4.72 Å². The van der Waals surface area contributed by atoms with Crippen LogP contribution in [0.1, 0.15) is 25.3 Å². The molecule has 0 unspecified atom stereocenters. The molecule has 0 heterocycles. The van der Waals surface area contributed by atoms with E-state index in [0.29, 0.717) is 6.42 Å². The first kappa shape index (κ1) is 16.1. The van der Waals surface area contributed by atoms with Crippen LogP contribution in [0.3, 0.4) is 0 Å². The summed E-state index contributed by atoms with van der Waals surface area (Å²) >= 11 is 3.29. The third kappa shape index (κ3) is 4.29. The Morgan fingerprint density at radius 3 is 2.58 bits per heavy atom. The smallest absolute Gasteiger partial charge is 0.321 e. The molecule has 5 nitrogen and oxygen atoms in total. The van der Waals surface area contributed by atoms with Gasteiger partial charge in [-0.25, -0.2) is 8.42 Å². The number of rotatable bonds is 6. The van der Waals surface area contributed by atoms with Gasteiger partial charge in [0.25, 0.3) is 0 Å². The minimum atomic E-state index is -3.82. The van der Waals surface area contributed by atoms with E-state index in [1.54, 1.807) is 19.9 Å². The van der Waals surface area contributed by atoms with Gasteiger partial charge in [0.05, 0.1) is 4.90 Å². The van der Waals surface area contributed by atoms with Crippen LogP contribution in [-0.2, 0) is 14.8 Å². The van der Waals surface area contributed by atoms with E-state index in [9.17, 15) is 13.2 Å². The lowest BCUT2D eigenvalue weighted by Gasteiger charge is -2.14. The summed E-state index contributed by atoms with van der Waals surface area (Å²) in [5, 5.41) is 8.98. The van der Waals surface area contributed by atoms with Crippen molar-refractivity contribution in [3.8, 4) is 0 Å². The summed E-state index contributed by atoms with van der Waals surface area (Å²) in [6, 6.07) is 3.46. The second-order valence-electron chi connectivity index (χ2n) is 4.21. The predicted octanol–water partition coefficient (Wildman–Crippen LogP) is 2.29. The quantitative estimate of drug-likeness (QED) is 0.825. The third-order valence-corrected chi connectivity index (χ3v) is 4.97. The highest BCUT2D eigenvalue weighted by molar-refractivity contribution is 9.10. The monoisotopic (exact) mass is 349 g/mol. The summed E-state index contributed by atoms with van der Waals surface area (Å²) in [4.78, 5) is 11.1. The van der Waals surface area contributed by atoms with E-state index in [1.165, 1.54) is 12.1 Å². The summed E-state index contributed by atoms with van der Waals surface area (Å²) in [5.74, 6) is -1.17. The molecule has 1 atom stereocenters. The second-order valence-corrected chi connectivity index (χ2v) is 6.78. The fourth-order valence-corrected chi connectivity index (χ4v) is 3.12. The maximum Gasteiger partial charge on any atom is 0.321 e. The molecule has 0 aliphatic rings. The van der Waals surface area contributed by atoms with Crippen LogP contribution in [0.4, 0.5) is 0 Å². The summed E-state index contributed by atoms with van der Waals surface area (Å²) in [6.07, 6.45) is 0.836. The van der Waals surface area contributed by atoms with Gasteiger partial charge in [0.15, 0.2) is 0 Å². The minimum absolute atomic E-state index is 0.0653. The zero-order valence-electron chi connectivity index (χ0n) is 10.7. The van der Waals surface area contributed by atoms with Crippen LogP contribution in [0.2, 0.25) is 0 Å². The van der Waals surface area contributed by atoms with Gasteiger partial charge in [-0.05, 0) is 37.1 Å². The molecule has 106 valence electrons. The van der Waals surface area contributed by atoms with Gasteiger partial charge >= 0.3 is 5.97 Å². The molecule has 1 aromatic rings. The van der Waals surface area contributed by atoms with Crippen LogP contribution in [-0.4, -0.2) is 25.5 Å². The molecular weight excluding hydrogens is 334 g/mol. The highest BCUT2D eigenvalue weighted by Gasteiger charge is 2.24. The van der Waals surface area contributed by atoms with Crippen molar-refractivity contribution in [2.45, 2.75) is 37.6 Å². The molecule has 0 bridgehead atoms. The first-order chi connectivity index (χ1) is 8.77. The Morgan fingerprint density at radius 2 is 2.11 bits per heavy atom. The number of carbonyl (C=O) groups is 1. The number of hydrogen-bond acceptors (Lipinski definition) is 3. The number of halogens is 1. The fraction of sp³-hybridized carbons (Fsp3) is 0.417. The highest BCUT2D eigenvalue weighted by Crippen LogP contribution is 2.20. The fourth-order valence-electron chi connectivity index (χ4n) is 1.56. The van der Waals surface area contributed by atoms with Crippen molar-refractivity contribution in [3.63, 3.8) is 0 Å². The lowest BCUT2D eigenvalue weighted by atomic mass is 10.2. The van der Waals surface area contributed by atoms with Crippen LogP contribution in [0, 0.1) is 6.92 Å². The first-order valence-corrected chi connectivity index (χ1v) is 8.07. The maximum absolute atomic E-state index is 12.1. The van der Waals surface area contributed by atoms with Gasteiger partial charge in [-0.3, -0.25) is 4.79 Å². The van der Waals surface area contributed by atoms with Crippen molar-refractivity contribution in [1.29, 1.82) is 0 Å². The van der Waals surface area contributed by atoms with Gasteiger partial charge in [-0.15, -0.1) is 0 Å². The van der Waals surface area contributed by atoms with Crippen molar-refractivity contribution >= 4 is 31.9 Å². The molecule has 0 spiro atoms. The zero-order chi connectivity index (χ0) is 14.6. The normalized spacial score (nSPS) is 13.2. The summed E-state index contributed by atoms with van der Waals surface area (Å²) in [6.45, 7) is 3.57. The van der Waals surface area contributed by atoms with Crippen molar-refractivity contribution in [2.75, 3.05) is 0 Å². The highest BCUT2D eigenvalue weighted by atomic mass is 79.9. The molecule has 0 amide bonds. The van der Waals surface area contributed by atoms with E-state index in [-0.39, 0.29) is 11.3 Å². The number of carboxylic acids is 1. The standard InChI is InChI=1S/C12H16BrNO4S/c1-3-4-11(12(15)16)14-19(17,18)9-5-6-10(13)8(2)7-9/h5-7,11,14H,3-4H2,1-2H3,(H,15,16)/t11-/m1/s1. The van der Waals surface area contributed by atoms with E-state index < -0.39 is 22.0 Å². The Hall–Kier alpha value is -0.920. The summed E-state index contributed by atoms with van der Waals surface area (Å²) in [5.41, 5.74) is 0.769. The van der Waals surface area contributed by atoms with Gasteiger partial charge in [-0.2, -0.15) is 4.72 Å². The number of benzene rings is 1. The van der Waals surface area contributed by atoms with Crippen LogP contribution in [0.25, 0.3) is 0 Å². The molecule has 0 radical (unpaired) electrons. The van der Waals surface area contributed by atoms with Crippen molar-refractivity contribution < 1.29 is 18.3 Å². The number of sulfonamides is 1. The predicted molar refractivity (Wildman–Crippen MR) is 75.5 cm³/mol. The Balaban J connectivity index is 3.03. The first-order valence-electron chi connectivity index (χ1n) is 5.79. The van der Waals surface area contributed by atoms with Crippen LogP contribution >= 0.6 is 15.9 Å². The van der Waals surface area contributed by atoms with E-state index >= 15 is 0 Å². The molecule has 19 heavy (non-hydrogen) atoms. The molecule has 0 saturated carbocycles. The molecule has 1 rings (SSSR count). The molecule has 0 aliphatic carbocycles. The minimum Gasteiger partial charge on any atom is -0.480 e. The number of aliphatic carboxylic acids is 1. The molecule has 1 aromatic carbocycles. The van der Waals surface area contributed by atoms with E-state index in [4.69, 9.17) is 5.11 Å². The van der Waals surface area contributed by atoms with Gasteiger partial charge in [-0.1, -0.05) is 29.3 Å². The Bertz CT molecular complexity index is 571. The lowest BCUT2D eigenvalue weighted by Crippen LogP contribution is -2.40. The average Bonchev–Trinajstić information content (AvgIpc) is 2.31. The summed E-state index contributed by atoms with van der Waals surface area (Å²) < 4.78 is 27.2. The molecule has 0 aliphatic heterocycles. The zero-order valence-corrected chi connectivity index (χ0v) is 13.1. The number of aryl methyl sites for hydroxylation is 1. The van der Waals surface area contributed by atoms with Gasteiger partial charge in [0.1, 0.15) is 6.04 Å². The van der Waals surface area contributed by atoms with Crippen molar-refractivity contribution in [3.05, 3.63) is 28.2 Å². The molecule has 0 saturated heterocycles.